The molecule has 27 heavy (non-hydrogen) atoms. The second-order valence-electron chi connectivity index (χ2n) is 5.08. The van der Waals surface area contributed by atoms with Gasteiger partial charge in [0.15, 0.2) is 23.9 Å². The highest BCUT2D eigenvalue weighted by Gasteiger charge is 2.16. The highest BCUT2D eigenvalue weighted by molar-refractivity contribution is 9.10. The zero-order chi connectivity index (χ0) is 19.8. The summed E-state index contributed by atoms with van der Waals surface area (Å²) >= 11 is 3.13. The van der Waals surface area contributed by atoms with Crippen molar-refractivity contribution in [3.8, 4) is 17.2 Å². The summed E-state index contributed by atoms with van der Waals surface area (Å²) in [4.78, 5) is 22.2. The number of hydrogen-bond acceptors (Lipinski definition) is 7. The van der Waals surface area contributed by atoms with E-state index in [2.05, 4.69) is 26.5 Å². The number of aromatic hydroxyl groups is 1. The molecule has 142 valence electrons. The van der Waals surface area contributed by atoms with Gasteiger partial charge in [-0.15, -0.1) is 0 Å². The Hall–Kier alpha value is -3.14. The Kier molecular flexibility index (Phi) is 7.12. The van der Waals surface area contributed by atoms with Crippen LogP contribution in [0.4, 0.5) is 5.69 Å². The van der Waals surface area contributed by atoms with Crippen LogP contribution in [-0.4, -0.2) is 35.4 Å². The van der Waals surface area contributed by atoms with Gasteiger partial charge >= 0.3 is 5.69 Å². The molecule has 0 aliphatic heterocycles. The number of halogens is 1. The number of nitrogens with zero attached hydrogens (tertiary/aromatic N) is 2. The molecule has 0 saturated heterocycles. The fourth-order valence-corrected chi connectivity index (χ4v) is 2.37. The van der Waals surface area contributed by atoms with Gasteiger partial charge in [0, 0.05) is 16.1 Å². The molecule has 0 aliphatic carbocycles. The second-order valence-corrected chi connectivity index (χ2v) is 5.99. The van der Waals surface area contributed by atoms with E-state index in [1.54, 1.807) is 31.2 Å². The van der Waals surface area contributed by atoms with E-state index in [0.29, 0.717) is 22.4 Å². The van der Waals surface area contributed by atoms with E-state index in [9.17, 15) is 20.0 Å². The SMILES string of the molecule is CCOc1cccc(C=NNC(=O)COc2ccc(Br)cc2[N+](=O)[O-])c1O. The van der Waals surface area contributed by atoms with Crippen LogP contribution in [0, 0.1) is 10.1 Å². The van der Waals surface area contributed by atoms with Crippen LogP contribution in [0.2, 0.25) is 0 Å². The largest absolute Gasteiger partial charge is 0.504 e. The molecule has 2 N–H and O–H groups in total. The summed E-state index contributed by atoms with van der Waals surface area (Å²) in [6.45, 7) is 1.71. The van der Waals surface area contributed by atoms with Crippen LogP contribution in [0.1, 0.15) is 12.5 Å². The molecule has 0 radical (unpaired) electrons. The third-order valence-corrected chi connectivity index (χ3v) is 3.69. The van der Waals surface area contributed by atoms with Crippen molar-refractivity contribution in [3.63, 3.8) is 0 Å². The summed E-state index contributed by atoms with van der Waals surface area (Å²) in [7, 11) is 0. The van der Waals surface area contributed by atoms with Crippen LogP contribution in [-0.2, 0) is 4.79 Å². The fraction of sp³-hybridized carbons (Fsp3) is 0.176. The van der Waals surface area contributed by atoms with Gasteiger partial charge in [-0.1, -0.05) is 22.0 Å². The molecule has 2 aromatic rings. The van der Waals surface area contributed by atoms with Crippen molar-refractivity contribution < 1.29 is 24.3 Å². The predicted molar refractivity (Wildman–Crippen MR) is 101 cm³/mol. The zero-order valence-corrected chi connectivity index (χ0v) is 15.8. The van der Waals surface area contributed by atoms with Crippen LogP contribution in [0.5, 0.6) is 17.2 Å². The summed E-state index contributed by atoms with van der Waals surface area (Å²) in [6.07, 6.45) is 1.25. The van der Waals surface area contributed by atoms with Gasteiger partial charge in [-0.25, -0.2) is 5.43 Å². The minimum absolute atomic E-state index is 0.0376. The summed E-state index contributed by atoms with van der Waals surface area (Å²) in [5, 5.41) is 24.7. The molecule has 0 bridgehead atoms. The van der Waals surface area contributed by atoms with Crippen molar-refractivity contribution in [2.24, 2.45) is 5.10 Å². The smallest absolute Gasteiger partial charge is 0.312 e. The Morgan fingerprint density at radius 2 is 2.11 bits per heavy atom. The maximum Gasteiger partial charge on any atom is 0.312 e. The minimum atomic E-state index is -0.621. The molecule has 0 heterocycles. The molecule has 2 aromatic carbocycles. The van der Waals surface area contributed by atoms with Gasteiger partial charge in [0.2, 0.25) is 0 Å². The average Bonchev–Trinajstić information content (AvgIpc) is 2.63. The van der Waals surface area contributed by atoms with Crippen molar-refractivity contribution in [1.29, 1.82) is 0 Å². The zero-order valence-electron chi connectivity index (χ0n) is 14.2. The number of para-hydroxylation sites is 1. The number of phenols is 1. The molecule has 0 fully saturated rings. The number of ether oxygens (including phenoxy) is 2. The van der Waals surface area contributed by atoms with Gasteiger partial charge in [0.1, 0.15) is 0 Å². The number of hydrazone groups is 1. The summed E-state index contributed by atoms with van der Waals surface area (Å²) in [6, 6.07) is 9.09. The first-order chi connectivity index (χ1) is 12.9. The minimum Gasteiger partial charge on any atom is -0.504 e. The number of nitro benzene ring substituents is 1. The van der Waals surface area contributed by atoms with E-state index >= 15 is 0 Å². The standard InChI is InChI=1S/C17H16BrN3O6/c1-2-26-15-5-3-4-11(17(15)23)9-19-20-16(22)10-27-14-7-6-12(18)8-13(14)21(24)25/h3-9,23H,2,10H2,1H3,(H,20,22). The fourth-order valence-electron chi connectivity index (χ4n) is 2.02. The first-order valence-electron chi connectivity index (χ1n) is 7.75. The molecule has 0 saturated carbocycles. The van der Waals surface area contributed by atoms with Crippen molar-refractivity contribution in [2.75, 3.05) is 13.2 Å². The summed E-state index contributed by atoms with van der Waals surface area (Å²) in [5.41, 5.74) is 2.30. The first kappa shape index (κ1) is 20.2. The highest BCUT2D eigenvalue weighted by atomic mass is 79.9. The monoisotopic (exact) mass is 437 g/mol. The van der Waals surface area contributed by atoms with Crippen LogP contribution in [0.15, 0.2) is 46.0 Å². The van der Waals surface area contributed by atoms with Crippen LogP contribution in [0.25, 0.3) is 0 Å². The van der Waals surface area contributed by atoms with E-state index in [1.165, 1.54) is 18.3 Å². The molecule has 0 spiro atoms. The van der Waals surface area contributed by atoms with Crippen molar-refractivity contribution in [2.45, 2.75) is 6.92 Å². The maximum atomic E-state index is 11.8. The van der Waals surface area contributed by atoms with Crippen LogP contribution in [0.3, 0.4) is 0 Å². The summed E-state index contributed by atoms with van der Waals surface area (Å²) in [5.74, 6) is -0.453. The number of amides is 1. The maximum absolute atomic E-state index is 11.8. The van der Waals surface area contributed by atoms with Gasteiger partial charge in [-0.3, -0.25) is 14.9 Å². The highest BCUT2D eigenvalue weighted by Crippen LogP contribution is 2.30. The average molecular weight is 438 g/mol. The lowest BCUT2D eigenvalue weighted by molar-refractivity contribution is -0.385. The lowest BCUT2D eigenvalue weighted by Gasteiger charge is -2.07. The first-order valence-corrected chi connectivity index (χ1v) is 8.55. The Morgan fingerprint density at radius 3 is 2.81 bits per heavy atom. The molecule has 1 amide bonds. The predicted octanol–water partition coefficient (Wildman–Crippen LogP) is 2.99. The summed E-state index contributed by atoms with van der Waals surface area (Å²) < 4.78 is 10.9. The third kappa shape index (κ3) is 5.68. The second kappa shape index (κ2) is 9.53. The quantitative estimate of drug-likeness (QED) is 0.371. The van der Waals surface area contributed by atoms with E-state index in [1.807, 2.05) is 0 Å². The number of carbonyl (C=O) groups is 1. The Morgan fingerprint density at radius 1 is 1.33 bits per heavy atom. The molecule has 0 aliphatic rings. The molecule has 0 unspecified atom stereocenters. The number of carbonyl (C=O) groups excluding carboxylic acids is 1. The molecular formula is C17H16BrN3O6. The lowest BCUT2D eigenvalue weighted by atomic mass is 10.2. The molecular weight excluding hydrogens is 422 g/mol. The van der Waals surface area contributed by atoms with E-state index in [0.717, 1.165) is 0 Å². The van der Waals surface area contributed by atoms with Gasteiger partial charge in [0.25, 0.3) is 5.91 Å². The Balaban J connectivity index is 1.95. The number of nitrogens with one attached hydrogen (secondary N) is 1. The molecule has 9 nitrogen and oxygen atoms in total. The third-order valence-electron chi connectivity index (χ3n) is 3.20. The number of phenolic OH excluding ortho intramolecular Hbond substituents is 1. The number of rotatable bonds is 8. The van der Waals surface area contributed by atoms with E-state index in [-0.39, 0.29) is 17.2 Å². The topological polar surface area (TPSA) is 123 Å². The molecule has 10 heteroatoms. The Labute approximate surface area is 162 Å². The van der Waals surface area contributed by atoms with Gasteiger partial charge in [-0.05, 0) is 31.2 Å². The lowest BCUT2D eigenvalue weighted by Crippen LogP contribution is -2.24. The van der Waals surface area contributed by atoms with Crippen molar-refractivity contribution >= 4 is 33.7 Å². The number of hydrogen-bond donors (Lipinski definition) is 2. The van der Waals surface area contributed by atoms with Crippen LogP contribution < -0.4 is 14.9 Å². The van der Waals surface area contributed by atoms with Crippen molar-refractivity contribution in [3.05, 3.63) is 56.5 Å². The van der Waals surface area contributed by atoms with Gasteiger partial charge < -0.3 is 14.6 Å². The van der Waals surface area contributed by atoms with E-state index < -0.39 is 17.4 Å². The number of benzene rings is 2. The van der Waals surface area contributed by atoms with Crippen LogP contribution >= 0.6 is 15.9 Å². The molecule has 0 aromatic heterocycles. The normalized spacial score (nSPS) is 10.6. The van der Waals surface area contributed by atoms with E-state index in [4.69, 9.17) is 9.47 Å². The van der Waals surface area contributed by atoms with Gasteiger partial charge in [-0.2, -0.15) is 5.10 Å². The number of nitro groups is 1. The van der Waals surface area contributed by atoms with Crippen molar-refractivity contribution in [1.82, 2.24) is 5.43 Å². The van der Waals surface area contributed by atoms with Gasteiger partial charge in [0.05, 0.1) is 17.7 Å². The Bertz CT molecular complexity index is 872. The molecule has 2 rings (SSSR count). The molecule has 0 atom stereocenters.